The number of fused-ring (bicyclic) bond motifs is 1. The predicted octanol–water partition coefficient (Wildman–Crippen LogP) is 7.26. The van der Waals surface area contributed by atoms with Gasteiger partial charge in [-0.25, -0.2) is 8.78 Å². The highest BCUT2D eigenvalue weighted by Crippen LogP contribution is 2.33. The fraction of sp³-hybridized carbons (Fsp3) is 0.214. The molecule has 170 valence electrons. The minimum Gasteiger partial charge on any atom is -0.361 e. The molecule has 1 aliphatic heterocycles. The van der Waals surface area contributed by atoms with Crippen molar-refractivity contribution in [3.63, 3.8) is 0 Å². The SMILES string of the molecule is Cl.Fc1ccc(C2=CCN(CCCc3c[nH]c4ccc(F)cc34)CC2)c(-c2ccccc2)c1. The molecular formula is C28H27ClF2N2. The van der Waals surface area contributed by atoms with E-state index in [0.29, 0.717) is 0 Å². The Bertz CT molecular complexity index is 1260. The summed E-state index contributed by atoms with van der Waals surface area (Å²) in [5.74, 6) is -0.398. The Labute approximate surface area is 199 Å². The van der Waals surface area contributed by atoms with Gasteiger partial charge in [0.2, 0.25) is 0 Å². The fourth-order valence-corrected chi connectivity index (χ4v) is 4.66. The van der Waals surface area contributed by atoms with Crippen LogP contribution >= 0.6 is 12.4 Å². The summed E-state index contributed by atoms with van der Waals surface area (Å²) in [6.07, 6.45) is 7.18. The molecule has 0 atom stereocenters. The van der Waals surface area contributed by atoms with Crippen molar-refractivity contribution in [1.29, 1.82) is 0 Å². The van der Waals surface area contributed by atoms with E-state index >= 15 is 0 Å². The molecule has 0 fully saturated rings. The molecule has 0 saturated carbocycles. The third-order valence-electron chi connectivity index (χ3n) is 6.36. The highest BCUT2D eigenvalue weighted by molar-refractivity contribution is 5.85. The monoisotopic (exact) mass is 464 g/mol. The van der Waals surface area contributed by atoms with Gasteiger partial charge in [0.1, 0.15) is 11.6 Å². The molecule has 0 unspecified atom stereocenters. The van der Waals surface area contributed by atoms with Crippen LogP contribution in [0.1, 0.15) is 24.0 Å². The molecule has 0 radical (unpaired) electrons. The predicted molar refractivity (Wildman–Crippen MR) is 135 cm³/mol. The molecule has 0 bridgehead atoms. The second kappa shape index (κ2) is 10.3. The summed E-state index contributed by atoms with van der Waals surface area (Å²) in [6, 6.07) is 20.0. The molecule has 5 rings (SSSR count). The zero-order valence-corrected chi connectivity index (χ0v) is 19.2. The molecule has 0 aliphatic carbocycles. The highest BCUT2D eigenvalue weighted by atomic mass is 35.5. The van der Waals surface area contributed by atoms with E-state index in [2.05, 4.69) is 16.0 Å². The third kappa shape index (κ3) is 5.18. The molecule has 0 saturated heterocycles. The summed E-state index contributed by atoms with van der Waals surface area (Å²) >= 11 is 0. The second-order valence-electron chi connectivity index (χ2n) is 8.44. The lowest BCUT2D eigenvalue weighted by molar-refractivity contribution is 0.298. The fourth-order valence-electron chi connectivity index (χ4n) is 4.66. The van der Waals surface area contributed by atoms with E-state index in [1.54, 1.807) is 24.3 Å². The zero-order chi connectivity index (χ0) is 21.9. The van der Waals surface area contributed by atoms with Gasteiger partial charge in [-0.3, -0.25) is 4.90 Å². The first-order valence-corrected chi connectivity index (χ1v) is 11.2. The summed E-state index contributed by atoms with van der Waals surface area (Å²) in [4.78, 5) is 5.68. The van der Waals surface area contributed by atoms with Gasteiger partial charge in [0, 0.05) is 30.2 Å². The van der Waals surface area contributed by atoms with E-state index in [0.717, 1.165) is 66.5 Å². The molecular weight excluding hydrogens is 438 g/mol. The number of nitrogens with one attached hydrogen (secondary N) is 1. The van der Waals surface area contributed by atoms with Gasteiger partial charge >= 0.3 is 0 Å². The van der Waals surface area contributed by atoms with Crippen LogP contribution in [0.2, 0.25) is 0 Å². The number of aromatic nitrogens is 1. The van der Waals surface area contributed by atoms with Gasteiger partial charge in [-0.1, -0.05) is 42.5 Å². The number of benzene rings is 3. The van der Waals surface area contributed by atoms with Gasteiger partial charge in [-0.05, 0) is 84.0 Å². The maximum atomic E-state index is 14.0. The molecule has 2 heterocycles. The first-order valence-electron chi connectivity index (χ1n) is 11.2. The van der Waals surface area contributed by atoms with E-state index in [1.807, 2.05) is 42.6 Å². The topological polar surface area (TPSA) is 19.0 Å². The van der Waals surface area contributed by atoms with Crippen molar-refractivity contribution in [3.8, 4) is 11.1 Å². The van der Waals surface area contributed by atoms with Crippen LogP contribution in [0.25, 0.3) is 27.6 Å². The average Bonchev–Trinajstić information content (AvgIpc) is 3.22. The van der Waals surface area contributed by atoms with Crippen molar-refractivity contribution in [2.75, 3.05) is 19.6 Å². The Balaban J connectivity index is 0.00000259. The standard InChI is InChI=1S/C28H26F2N2.ClH/c29-23-8-10-25(26(17-23)20-5-2-1-3-6-20)21-12-15-32(16-13-21)14-4-7-22-19-31-28-11-9-24(30)18-27(22)28;/h1-3,5-6,8-12,17-19,31H,4,7,13-16H2;1H. The smallest absolute Gasteiger partial charge is 0.123 e. The molecule has 4 aromatic rings. The number of halogens is 3. The minimum atomic E-state index is -0.206. The van der Waals surface area contributed by atoms with Gasteiger partial charge in [0.15, 0.2) is 0 Å². The lowest BCUT2D eigenvalue weighted by Crippen LogP contribution is -2.29. The third-order valence-corrected chi connectivity index (χ3v) is 6.36. The van der Waals surface area contributed by atoms with Gasteiger partial charge in [0.05, 0.1) is 0 Å². The summed E-state index contributed by atoms with van der Waals surface area (Å²) in [7, 11) is 0. The Morgan fingerprint density at radius 1 is 0.879 bits per heavy atom. The van der Waals surface area contributed by atoms with Crippen LogP contribution < -0.4 is 0 Å². The van der Waals surface area contributed by atoms with Crippen LogP contribution in [0.5, 0.6) is 0 Å². The van der Waals surface area contributed by atoms with Crippen molar-refractivity contribution in [2.45, 2.75) is 19.3 Å². The highest BCUT2D eigenvalue weighted by Gasteiger charge is 2.16. The number of H-pyrrole nitrogens is 1. The molecule has 1 aliphatic rings. The Morgan fingerprint density at radius 2 is 1.67 bits per heavy atom. The Kier molecular flexibility index (Phi) is 7.26. The second-order valence-corrected chi connectivity index (χ2v) is 8.44. The number of aromatic amines is 1. The van der Waals surface area contributed by atoms with Crippen LogP contribution in [0.15, 0.2) is 79.0 Å². The number of rotatable bonds is 6. The summed E-state index contributed by atoms with van der Waals surface area (Å²) < 4.78 is 27.6. The quantitative estimate of drug-likeness (QED) is 0.318. The van der Waals surface area contributed by atoms with Gasteiger partial charge in [-0.15, -0.1) is 12.4 Å². The van der Waals surface area contributed by atoms with Crippen LogP contribution in [-0.2, 0) is 6.42 Å². The molecule has 1 N–H and O–H groups in total. The van der Waals surface area contributed by atoms with Crippen molar-refractivity contribution >= 4 is 28.9 Å². The summed E-state index contributed by atoms with van der Waals surface area (Å²) in [6.45, 7) is 2.88. The van der Waals surface area contributed by atoms with Gasteiger partial charge < -0.3 is 4.98 Å². The van der Waals surface area contributed by atoms with E-state index in [1.165, 1.54) is 17.2 Å². The molecule has 3 aromatic carbocycles. The van der Waals surface area contributed by atoms with E-state index in [-0.39, 0.29) is 24.0 Å². The van der Waals surface area contributed by atoms with Crippen molar-refractivity contribution in [3.05, 3.63) is 102 Å². The lowest BCUT2D eigenvalue weighted by Gasteiger charge is -2.27. The molecule has 2 nitrogen and oxygen atoms in total. The van der Waals surface area contributed by atoms with E-state index in [9.17, 15) is 8.78 Å². The molecule has 1 aromatic heterocycles. The summed E-state index contributed by atoms with van der Waals surface area (Å²) in [5.41, 5.74) is 6.56. The van der Waals surface area contributed by atoms with Crippen LogP contribution in [0.3, 0.4) is 0 Å². The minimum absolute atomic E-state index is 0. The molecule has 0 amide bonds. The lowest BCUT2D eigenvalue weighted by atomic mass is 9.91. The molecule has 0 spiro atoms. The number of hydrogen-bond acceptors (Lipinski definition) is 1. The van der Waals surface area contributed by atoms with Crippen LogP contribution in [0, 0.1) is 11.6 Å². The number of hydrogen-bond donors (Lipinski definition) is 1. The first kappa shape index (κ1) is 23.2. The maximum Gasteiger partial charge on any atom is 0.123 e. The molecule has 5 heteroatoms. The zero-order valence-electron chi connectivity index (χ0n) is 18.4. The van der Waals surface area contributed by atoms with Crippen molar-refractivity contribution in [1.82, 2.24) is 9.88 Å². The maximum absolute atomic E-state index is 14.0. The number of aryl methyl sites for hydroxylation is 1. The van der Waals surface area contributed by atoms with Crippen molar-refractivity contribution < 1.29 is 8.78 Å². The van der Waals surface area contributed by atoms with Crippen molar-refractivity contribution in [2.24, 2.45) is 0 Å². The Hall–Kier alpha value is -2.95. The van der Waals surface area contributed by atoms with E-state index in [4.69, 9.17) is 0 Å². The van der Waals surface area contributed by atoms with Crippen LogP contribution in [-0.4, -0.2) is 29.5 Å². The largest absolute Gasteiger partial charge is 0.361 e. The molecule has 33 heavy (non-hydrogen) atoms. The average molecular weight is 465 g/mol. The first-order chi connectivity index (χ1) is 15.7. The summed E-state index contributed by atoms with van der Waals surface area (Å²) in [5, 5.41) is 0.982. The normalized spacial score (nSPS) is 14.2. The Morgan fingerprint density at radius 3 is 2.45 bits per heavy atom. The van der Waals surface area contributed by atoms with Crippen LogP contribution in [0.4, 0.5) is 8.78 Å². The van der Waals surface area contributed by atoms with E-state index < -0.39 is 0 Å². The number of nitrogens with zero attached hydrogens (tertiary/aromatic N) is 1. The van der Waals surface area contributed by atoms with Gasteiger partial charge in [-0.2, -0.15) is 0 Å². The van der Waals surface area contributed by atoms with Gasteiger partial charge in [0.25, 0.3) is 0 Å².